The highest BCUT2D eigenvalue weighted by Gasteiger charge is 1.95. The second-order valence-corrected chi connectivity index (χ2v) is 2.50. The molecule has 0 atom stereocenters. The first kappa shape index (κ1) is 12.7. The molecule has 2 N–H and O–H groups in total. The summed E-state index contributed by atoms with van der Waals surface area (Å²) in [5.74, 6) is -0.213. The smallest absolute Gasteiger partial charge is 0.307 e. The summed E-state index contributed by atoms with van der Waals surface area (Å²) in [4.78, 5) is 10.3. The van der Waals surface area contributed by atoms with Gasteiger partial charge < -0.3 is 10.5 Å². The Balaban J connectivity index is 0.000000249. The zero-order valence-electron chi connectivity index (χ0n) is 8.48. The summed E-state index contributed by atoms with van der Waals surface area (Å²) in [5, 5.41) is 0. The van der Waals surface area contributed by atoms with Gasteiger partial charge in [-0.1, -0.05) is 36.4 Å². The van der Waals surface area contributed by atoms with Crippen LogP contribution < -0.4 is 5.73 Å². The Labute approximate surface area is 84.9 Å². The summed E-state index contributed by atoms with van der Waals surface area (Å²) in [6.45, 7) is 2.59. The van der Waals surface area contributed by atoms with Crippen molar-refractivity contribution in [3.63, 3.8) is 0 Å². The molecule has 0 aliphatic heterocycles. The lowest BCUT2D eigenvalue weighted by molar-refractivity contribution is -0.142. The number of carbonyl (C=O) groups is 1. The predicted octanol–water partition coefficient (Wildman–Crippen LogP) is 1.58. The number of hydrogen-bond donors (Lipinski definition) is 1. The molecule has 0 heterocycles. The molecule has 0 radical (unpaired) electrons. The quantitative estimate of drug-likeness (QED) is 0.745. The Kier molecular flexibility index (Phi) is 8.80. The van der Waals surface area contributed by atoms with Crippen molar-refractivity contribution >= 4 is 5.97 Å². The molecule has 0 aromatic heterocycles. The van der Waals surface area contributed by atoms with E-state index in [0.29, 0.717) is 19.6 Å². The number of carbonyl (C=O) groups excluding carboxylic acids is 1. The first-order valence-electron chi connectivity index (χ1n) is 4.67. The molecule has 0 saturated carbocycles. The lowest BCUT2D eigenvalue weighted by Gasteiger charge is -1.96. The largest absolute Gasteiger partial charge is 0.466 e. The Bertz CT molecular complexity index is 189. The Morgan fingerprint density at radius 3 is 1.86 bits per heavy atom. The predicted molar refractivity (Wildman–Crippen MR) is 56.7 cm³/mol. The van der Waals surface area contributed by atoms with Crippen molar-refractivity contribution in [2.75, 3.05) is 13.2 Å². The van der Waals surface area contributed by atoms with E-state index in [9.17, 15) is 4.79 Å². The van der Waals surface area contributed by atoms with E-state index >= 15 is 0 Å². The average Bonchev–Trinajstić information content (AvgIpc) is 2.22. The summed E-state index contributed by atoms with van der Waals surface area (Å²) in [7, 11) is 0. The molecule has 3 nitrogen and oxygen atoms in total. The molecule has 0 aliphatic rings. The van der Waals surface area contributed by atoms with Crippen LogP contribution in [0.3, 0.4) is 0 Å². The van der Waals surface area contributed by atoms with Gasteiger partial charge >= 0.3 is 5.97 Å². The highest BCUT2D eigenvalue weighted by molar-refractivity contribution is 5.69. The molecular weight excluding hydrogens is 178 g/mol. The van der Waals surface area contributed by atoms with E-state index in [1.807, 2.05) is 36.4 Å². The molecule has 0 fully saturated rings. The number of rotatable bonds is 3. The zero-order chi connectivity index (χ0) is 10.6. The van der Waals surface area contributed by atoms with Crippen LogP contribution in [0.15, 0.2) is 36.4 Å². The van der Waals surface area contributed by atoms with Crippen LogP contribution >= 0.6 is 0 Å². The number of esters is 1. The second kappa shape index (κ2) is 9.74. The van der Waals surface area contributed by atoms with E-state index in [-0.39, 0.29) is 5.97 Å². The third-order valence-electron chi connectivity index (χ3n) is 1.32. The minimum absolute atomic E-state index is 0.213. The molecular formula is C11H17NO2. The van der Waals surface area contributed by atoms with Gasteiger partial charge in [-0.15, -0.1) is 0 Å². The summed E-state index contributed by atoms with van der Waals surface area (Å²) in [6, 6.07) is 12.0. The van der Waals surface area contributed by atoms with Crippen molar-refractivity contribution < 1.29 is 9.53 Å². The monoisotopic (exact) mass is 195 g/mol. The third kappa shape index (κ3) is 8.74. The molecule has 14 heavy (non-hydrogen) atoms. The van der Waals surface area contributed by atoms with Crippen molar-refractivity contribution in [3.05, 3.63) is 36.4 Å². The SMILES string of the molecule is CCOC(=O)CCN.c1ccccc1. The van der Waals surface area contributed by atoms with Crippen LogP contribution in [0, 0.1) is 0 Å². The number of benzene rings is 1. The van der Waals surface area contributed by atoms with E-state index in [2.05, 4.69) is 4.74 Å². The number of ether oxygens (including phenoxy) is 1. The highest BCUT2D eigenvalue weighted by Crippen LogP contribution is 1.81. The average molecular weight is 195 g/mol. The normalized spacial score (nSPS) is 8.43. The van der Waals surface area contributed by atoms with Gasteiger partial charge in [0, 0.05) is 6.54 Å². The maximum atomic E-state index is 10.3. The Hall–Kier alpha value is -1.35. The van der Waals surface area contributed by atoms with Crippen molar-refractivity contribution in [1.82, 2.24) is 0 Å². The molecule has 0 unspecified atom stereocenters. The lowest BCUT2D eigenvalue weighted by Crippen LogP contribution is -2.10. The molecule has 0 bridgehead atoms. The second-order valence-electron chi connectivity index (χ2n) is 2.50. The fraction of sp³-hybridized carbons (Fsp3) is 0.364. The zero-order valence-corrected chi connectivity index (χ0v) is 8.48. The molecule has 0 amide bonds. The van der Waals surface area contributed by atoms with Crippen LogP contribution in [0.5, 0.6) is 0 Å². The lowest BCUT2D eigenvalue weighted by atomic mass is 10.4. The van der Waals surface area contributed by atoms with Gasteiger partial charge in [0.15, 0.2) is 0 Å². The minimum atomic E-state index is -0.213. The van der Waals surface area contributed by atoms with Gasteiger partial charge in [-0.2, -0.15) is 0 Å². The van der Waals surface area contributed by atoms with Crippen molar-refractivity contribution in [2.24, 2.45) is 5.73 Å². The fourth-order valence-electron chi connectivity index (χ4n) is 0.736. The van der Waals surface area contributed by atoms with Crippen LogP contribution in [-0.4, -0.2) is 19.1 Å². The van der Waals surface area contributed by atoms with Crippen molar-refractivity contribution in [3.8, 4) is 0 Å². The van der Waals surface area contributed by atoms with Crippen LogP contribution in [0.25, 0.3) is 0 Å². The maximum absolute atomic E-state index is 10.3. The summed E-state index contributed by atoms with van der Waals surface area (Å²) >= 11 is 0. The Morgan fingerprint density at radius 2 is 1.57 bits per heavy atom. The molecule has 1 rings (SSSR count). The van der Waals surface area contributed by atoms with Gasteiger partial charge in [-0.05, 0) is 6.92 Å². The van der Waals surface area contributed by atoms with E-state index in [1.165, 1.54) is 0 Å². The van der Waals surface area contributed by atoms with Crippen LogP contribution in [0.2, 0.25) is 0 Å². The maximum Gasteiger partial charge on any atom is 0.307 e. The third-order valence-corrected chi connectivity index (χ3v) is 1.32. The fourth-order valence-corrected chi connectivity index (χ4v) is 0.736. The van der Waals surface area contributed by atoms with Gasteiger partial charge in [0.25, 0.3) is 0 Å². The molecule has 0 spiro atoms. The summed E-state index contributed by atoms with van der Waals surface area (Å²) in [5.41, 5.74) is 5.06. The van der Waals surface area contributed by atoms with Gasteiger partial charge in [-0.25, -0.2) is 0 Å². The van der Waals surface area contributed by atoms with E-state index < -0.39 is 0 Å². The summed E-state index contributed by atoms with van der Waals surface area (Å²) < 4.78 is 4.56. The van der Waals surface area contributed by atoms with Gasteiger partial charge in [0.1, 0.15) is 0 Å². The minimum Gasteiger partial charge on any atom is -0.466 e. The van der Waals surface area contributed by atoms with Crippen molar-refractivity contribution in [2.45, 2.75) is 13.3 Å². The molecule has 0 aliphatic carbocycles. The molecule has 1 aromatic carbocycles. The first-order chi connectivity index (χ1) is 6.81. The molecule has 78 valence electrons. The summed E-state index contributed by atoms with van der Waals surface area (Å²) in [6.07, 6.45) is 0.327. The highest BCUT2D eigenvalue weighted by atomic mass is 16.5. The van der Waals surface area contributed by atoms with Crippen molar-refractivity contribution in [1.29, 1.82) is 0 Å². The number of nitrogens with two attached hydrogens (primary N) is 1. The molecule has 3 heteroatoms. The van der Waals surface area contributed by atoms with Gasteiger partial charge in [-0.3, -0.25) is 4.79 Å². The van der Waals surface area contributed by atoms with Crippen LogP contribution in [0.1, 0.15) is 13.3 Å². The molecule has 1 aromatic rings. The van der Waals surface area contributed by atoms with E-state index in [1.54, 1.807) is 6.92 Å². The van der Waals surface area contributed by atoms with Crippen LogP contribution in [0.4, 0.5) is 0 Å². The number of hydrogen-bond acceptors (Lipinski definition) is 3. The van der Waals surface area contributed by atoms with Gasteiger partial charge in [0.2, 0.25) is 0 Å². The van der Waals surface area contributed by atoms with Gasteiger partial charge in [0.05, 0.1) is 13.0 Å². The van der Waals surface area contributed by atoms with E-state index in [0.717, 1.165) is 0 Å². The topological polar surface area (TPSA) is 52.3 Å². The molecule has 0 saturated heterocycles. The standard InChI is InChI=1S/C6H6.C5H11NO2/c1-2-4-6-5-3-1;1-2-8-5(7)3-4-6/h1-6H;2-4,6H2,1H3. The first-order valence-corrected chi connectivity index (χ1v) is 4.67. The van der Waals surface area contributed by atoms with E-state index in [4.69, 9.17) is 5.73 Å². The van der Waals surface area contributed by atoms with Crippen LogP contribution in [-0.2, 0) is 9.53 Å². The Morgan fingerprint density at radius 1 is 1.14 bits per heavy atom.